The lowest BCUT2D eigenvalue weighted by atomic mass is 10.0. The standard InChI is InChI=1S/C13H20NP/c1-2-7-13(8-3-1)15-11-9-12-6-4-5-10-14-12/h4-6,10,13,15H,1-3,7-9,11H2. The van der Waals surface area contributed by atoms with Gasteiger partial charge in [0.15, 0.2) is 0 Å². The van der Waals surface area contributed by atoms with Crippen molar-refractivity contribution >= 4 is 8.58 Å². The molecule has 0 bridgehead atoms. The Balaban J connectivity index is 1.66. The van der Waals surface area contributed by atoms with Crippen LogP contribution in [0.15, 0.2) is 24.4 Å². The molecule has 2 rings (SSSR count). The molecule has 1 atom stereocenters. The average molecular weight is 221 g/mol. The Bertz CT molecular complexity index is 267. The molecule has 1 nitrogen and oxygen atoms in total. The average Bonchev–Trinajstić information content (AvgIpc) is 2.32. The zero-order valence-corrected chi connectivity index (χ0v) is 10.3. The normalized spacial score (nSPS) is 18.7. The molecular weight excluding hydrogens is 201 g/mol. The Hall–Kier alpha value is -0.420. The van der Waals surface area contributed by atoms with Crippen LogP contribution in [0.1, 0.15) is 37.8 Å². The van der Waals surface area contributed by atoms with Gasteiger partial charge >= 0.3 is 0 Å². The summed E-state index contributed by atoms with van der Waals surface area (Å²) in [6.07, 6.45) is 11.8. The van der Waals surface area contributed by atoms with E-state index in [1.807, 2.05) is 12.3 Å². The smallest absolute Gasteiger partial charge is 0.0407 e. The minimum Gasteiger partial charge on any atom is -0.261 e. The Labute approximate surface area is 94.5 Å². The van der Waals surface area contributed by atoms with Crippen LogP contribution in [0.25, 0.3) is 0 Å². The van der Waals surface area contributed by atoms with Crippen molar-refractivity contribution in [2.45, 2.75) is 44.2 Å². The van der Waals surface area contributed by atoms with Gasteiger partial charge in [0.05, 0.1) is 0 Å². The van der Waals surface area contributed by atoms with E-state index in [1.165, 1.54) is 59.0 Å². The Morgan fingerprint density at radius 3 is 2.80 bits per heavy atom. The first kappa shape index (κ1) is 11.1. The van der Waals surface area contributed by atoms with Crippen molar-refractivity contribution in [3.63, 3.8) is 0 Å². The lowest BCUT2D eigenvalue weighted by Gasteiger charge is -2.21. The van der Waals surface area contributed by atoms with E-state index in [2.05, 4.69) is 17.1 Å². The molecule has 0 radical (unpaired) electrons. The largest absolute Gasteiger partial charge is 0.261 e. The first-order valence-electron chi connectivity index (χ1n) is 6.08. The molecule has 0 aromatic carbocycles. The van der Waals surface area contributed by atoms with Gasteiger partial charge in [0, 0.05) is 11.9 Å². The maximum absolute atomic E-state index is 4.37. The van der Waals surface area contributed by atoms with E-state index in [-0.39, 0.29) is 0 Å². The van der Waals surface area contributed by atoms with Gasteiger partial charge in [-0.05, 0) is 43.2 Å². The van der Waals surface area contributed by atoms with Gasteiger partial charge in [0.1, 0.15) is 0 Å². The molecule has 0 spiro atoms. The monoisotopic (exact) mass is 221 g/mol. The first-order valence-corrected chi connectivity index (χ1v) is 7.37. The molecule has 1 unspecified atom stereocenters. The fourth-order valence-corrected chi connectivity index (χ4v) is 3.88. The van der Waals surface area contributed by atoms with Gasteiger partial charge < -0.3 is 0 Å². The maximum atomic E-state index is 4.37. The number of rotatable bonds is 4. The summed E-state index contributed by atoms with van der Waals surface area (Å²) in [4.78, 5) is 4.37. The highest BCUT2D eigenvalue weighted by atomic mass is 31.1. The number of nitrogens with zero attached hydrogens (tertiary/aromatic N) is 1. The van der Waals surface area contributed by atoms with Gasteiger partial charge in [-0.25, -0.2) is 0 Å². The van der Waals surface area contributed by atoms with Crippen LogP contribution in [-0.4, -0.2) is 16.8 Å². The Morgan fingerprint density at radius 1 is 1.20 bits per heavy atom. The van der Waals surface area contributed by atoms with Crippen molar-refractivity contribution in [2.75, 3.05) is 6.16 Å². The summed E-state index contributed by atoms with van der Waals surface area (Å²) in [6, 6.07) is 6.23. The van der Waals surface area contributed by atoms with Crippen LogP contribution in [0.4, 0.5) is 0 Å². The van der Waals surface area contributed by atoms with Crippen LogP contribution < -0.4 is 0 Å². The van der Waals surface area contributed by atoms with Crippen LogP contribution in [0, 0.1) is 0 Å². The molecule has 2 heteroatoms. The molecule has 0 aliphatic heterocycles. The second-order valence-corrected chi connectivity index (χ2v) is 6.08. The van der Waals surface area contributed by atoms with Crippen LogP contribution in [0.3, 0.4) is 0 Å². The van der Waals surface area contributed by atoms with Crippen molar-refractivity contribution in [3.8, 4) is 0 Å². The molecule has 1 heterocycles. The van der Waals surface area contributed by atoms with Crippen LogP contribution in [0.2, 0.25) is 0 Å². The van der Waals surface area contributed by atoms with Crippen LogP contribution in [-0.2, 0) is 6.42 Å². The van der Waals surface area contributed by atoms with E-state index in [0.29, 0.717) is 0 Å². The summed E-state index contributed by atoms with van der Waals surface area (Å²) in [5.74, 6) is 0. The second-order valence-electron chi connectivity index (χ2n) is 4.36. The molecule has 1 aromatic heterocycles. The van der Waals surface area contributed by atoms with Crippen LogP contribution in [0.5, 0.6) is 0 Å². The summed E-state index contributed by atoms with van der Waals surface area (Å²) < 4.78 is 0. The highest BCUT2D eigenvalue weighted by Gasteiger charge is 2.12. The summed E-state index contributed by atoms with van der Waals surface area (Å²) in [7, 11) is 1.17. The summed E-state index contributed by atoms with van der Waals surface area (Å²) in [5, 5.41) is 0. The molecule has 0 amide bonds. The van der Waals surface area contributed by atoms with E-state index >= 15 is 0 Å². The second kappa shape index (κ2) is 6.23. The van der Waals surface area contributed by atoms with Gasteiger partial charge in [-0.1, -0.05) is 25.3 Å². The lowest BCUT2D eigenvalue weighted by molar-refractivity contribution is 0.513. The van der Waals surface area contributed by atoms with Gasteiger partial charge in [0.2, 0.25) is 0 Å². The molecular formula is C13H20NP. The van der Waals surface area contributed by atoms with E-state index in [9.17, 15) is 0 Å². The molecule has 1 saturated carbocycles. The molecule has 15 heavy (non-hydrogen) atoms. The van der Waals surface area contributed by atoms with Gasteiger partial charge in [-0.3, -0.25) is 4.98 Å². The van der Waals surface area contributed by atoms with E-state index in [4.69, 9.17) is 0 Å². The van der Waals surface area contributed by atoms with E-state index < -0.39 is 0 Å². The van der Waals surface area contributed by atoms with Crippen molar-refractivity contribution in [1.29, 1.82) is 0 Å². The van der Waals surface area contributed by atoms with Gasteiger partial charge in [-0.15, -0.1) is 8.58 Å². The molecule has 0 saturated heterocycles. The summed E-state index contributed by atoms with van der Waals surface area (Å²) >= 11 is 0. The first-order chi connectivity index (χ1) is 7.45. The van der Waals surface area contributed by atoms with Crippen molar-refractivity contribution in [3.05, 3.63) is 30.1 Å². The SMILES string of the molecule is c1ccc(CCPC2CCCCC2)nc1. The third kappa shape index (κ3) is 3.91. The van der Waals surface area contributed by atoms with Crippen molar-refractivity contribution in [1.82, 2.24) is 4.98 Å². The number of hydrogen-bond donors (Lipinski definition) is 0. The predicted molar refractivity (Wildman–Crippen MR) is 68.0 cm³/mol. The molecule has 1 aliphatic carbocycles. The van der Waals surface area contributed by atoms with Crippen LogP contribution >= 0.6 is 8.58 Å². The maximum Gasteiger partial charge on any atom is 0.0407 e. The minimum absolute atomic E-state index is 1.04. The van der Waals surface area contributed by atoms with Gasteiger partial charge in [-0.2, -0.15) is 0 Å². The van der Waals surface area contributed by atoms with E-state index in [1.54, 1.807) is 0 Å². The van der Waals surface area contributed by atoms with Crippen molar-refractivity contribution in [2.24, 2.45) is 0 Å². The summed E-state index contributed by atoms with van der Waals surface area (Å²) in [5.41, 5.74) is 2.31. The third-order valence-corrected chi connectivity index (χ3v) is 4.84. The highest BCUT2D eigenvalue weighted by molar-refractivity contribution is 7.38. The molecule has 1 aliphatic rings. The van der Waals surface area contributed by atoms with E-state index in [0.717, 1.165) is 5.66 Å². The highest BCUT2D eigenvalue weighted by Crippen LogP contribution is 2.32. The minimum atomic E-state index is 1.04. The number of pyridine rings is 1. The molecule has 1 aromatic rings. The topological polar surface area (TPSA) is 12.9 Å². The molecule has 0 N–H and O–H groups in total. The Kier molecular flexibility index (Phi) is 4.60. The quantitative estimate of drug-likeness (QED) is 0.707. The fourth-order valence-electron chi connectivity index (χ4n) is 2.26. The molecule has 1 fully saturated rings. The zero-order chi connectivity index (χ0) is 10.3. The van der Waals surface area contributed by atoms with Gasteiger partial charge in [0.25, 0.3) is 0 Å². The number of aryl methyl sites for hydroxylation is 1. The fraction of sp³-hybridized carbons (Fsp3) is 0.615. The zero-order valence-electron chi connectivity index (χ0n) is 9.28. The third-order valence-electron chi connectivity index (χ3n) is 3.15. The predicted octanol–water partition coefficient (Wildman–Crippen LogP) is 3.64. The lowest BCUT2D eigenvalue weighted by Crippen LogP contribution is -2.07. The summed E-state index contributed by atoms with van der Waals surface area (Å²) in [6.45, 7) is 0. The molecule has 82 valence electrons. The van der Waals surface area contributed by atoms with Crippen molar-refractivity contribution < 1.29 is 0 Å². The number of hydrogen-bond acceptors (Lipinski definition) is 1. The Morgan fingerprint density at radius 2 is 2.07 bits per heavy atom. The number of aromatic nitrogens is 1.